The molecule has 0 bridgehead atoms. The van der Waals surface area contributed by atoms with Crippen molar-refractivity contribution < 1.29 is 5.11 Å². The average molecular weight is 230 g/mol. The summed E-state index contributed by atoms with van der Waals surface area (Å²) in [4.78, 5) is 7.85. The van der Waals surface area contributed by atoms with E-state index in [0.29, 0.717) is 11.0 Å². The second-order valence-corrected chi connectivity index (χ2v) is 3.88. The number of hydrogen-bond acceptors (Lipinski definition) is 4. The summed E-state index contributed by atoms with van der Waals surface area (Å²) in [6.45, 7) is 4.12. The summed E-state index contributed by atoms with van der Waals surface area (Å²) in [6, 6.07) is 1.65. The normalized spacial score (nSPS) is 11.5. The summed E-state index contributed by atoms with van der Waals surface area (Å²) < 4.78 is 0. The van der Waals surface area contributed by atoms with Gasteiger partial charge in [-0.1, -0.05) is 25.4 Å². The van der Waals surface area contributed by atoms with Gasteiger partial charge in [-0.2, -0.15) is 0 Å². The van der Waals surface area contributed by atoms with E-state index in [1.807, 2.05) is 13.8 Å². The Morgan fingerprint density at radius 3 is 2.53 bits per heavy atom. The lowest BCUT2D eigenvalue weighted by molar-refractivity contribution is 0.202. The van der Waals surface area contributed by atoms with Gasteiger partial charge in [0.15, 0.2) is 0 Å². The topological polar surface area (TPSA) is 58.0 Å². The van der Waals surface area contributed by atoms with Crippen LogP contribution in [-0.2, 0) is 0 Å². The molecule has 15 heavy (non-hydrogen) atoms. The van der Waals surface area contributed by atoms with Crippen molar-refractivity contribution in [2.45, 2.75) is 32.2 Å². The lowest BCUT2D eigenvalue weighted by atomic mass is 9.94. The highest BCUT2D eigenvalue weighted by Gasteiger charge is 2.25. The minimum atomic E-state index is -0.322. The van der Waals surface area contributed by atoms with Crippen LogP contribution in [0.1, 0.15) is 26.7 Å². The molecule has 5 heteroatoms. The highest BCUT2D eigenvalue weighted by Crippen LogP contribution is 2.21. The van der Waals surface area contributed by atoms with Gasteiger partial charge in [-0.15, -0.1) is 0 Å². The van der Waals surface area contributed by atoms with Crippen LogP contribution in [0.5, 0.6) is 0 Å². The predicted octanol–water partition coefficient (Wildman–Crippen LogP) is 2.09. The maximum Gasteiger partial charge on any atom is 0.134 e. The van der Waals surface area contributed by atoms with Crippen LogP contribution >= 0.6 is 11.6 Å². The first-order valence-electron chi connectivity index (χ1n) is 5.02. The van der Waals surface area contributed by atoms with Crippen molar-refractivity contribution in [3.63, 3.8) is 0 Å². The molecule has 0 radical (unpaired) electrons. The third-order valence-corrected chi connectivity index (χ3v) is 2.89. The molecule has 0 aliphatic rings. The van der Waals surface area contributed by atoms with E-state index < -0.39 is 0 Å². The van der Waals surface area contributed by atoms with E-state index in [0.717, 1.165) is 12.8 Å². The molecule has 0 saturated heterocycles. The van der Waals surface area contributed by atoms with Gasteiger partial charge >= 0.3 is 0 Å². The number of aromatic nitrogens is 2. The van der Waals surface area contributed by atoms with Gasteiger partial charge in [0.25, 0.3) is 0 Å². The summed E-state index contributed by atoms with van der Waals surface area (Å²) in [6.07, 6.45) is 3.04. The molecule has 0 fully saturated rings. The lowest BCUT2D eigenvalue weighted by Gasteiger charge is -2.31. The Morgan fingerprint density at radius 1 is 1.40 bits per heavy atom. The van der Waals surface area contributed by atoms with Gasteiger partial charge < -0.3 is 10.4 Å². The van der Waals surface area contributed by atoms with E-state index in [1.54, 1.807) is 6.07 Å². The number of halogens is 1. The third-order valence-electron chi connectivity index (χ3n) is 2.68. The molecule has 0 aromatic carbocycles. The highest BCUT2D eigenvalue weighted by molar-refractivity contribution is 6.29. The number of nitrogens with zero attached hydrogens (tertiary/aromatic N) is 2. The molecule has 0 spiro atoms. The molecular formula is C10H16ClN3O. The van der Waals surface area contributed by atoms with Crippen molar-refractivity contribution in [1.82, 2.24) is 9.97 Å². The number of nitrogens with one attached hydrogen (secondary N) is 1. The van der Waals surface area contributed by atoms with Crippen LogP contribution in [0.3, 0.4) is 0 Å². The Kier molecular flexibility index (Phi) is 4.29. The van der Waals surface area contributed by atoms with Crippen molar-refractivity contribution in [2.24, 2.45) is 0 Å². The second kappa shape index (κ2) is 5.28. The minimum absolute atomic E-state index is 0.0711. The fourth-order valence-corrected chi connectivity index (χ4v) is 1.51. The summed E-state index contributed by atoms with van der Waals surface area (Å²) in [5.74, 6) is 0.646. The fraction of sp³-hybridized carbons (Fsp3) is 0.600. The van der Waals surface area contributed by atoms with Crippen LogP contribution in [-0.4, -0.2) is 27.2 Å². The molecule has 0 atom stereocenters. The van der Waals surface area contributed by atoms with Crippen molar-refractivity contribution in [1.29, 1.82) is 0 Å². The molecule has 0 amide bonds. The number of rotatable bonds is 5. The first-order valence-corrected chi connectivity index (χ1v) is 5.40. The van der Waals surface area contributed by atoms with Gasteiger partial charge in [-0.3, -0.25) is 0 Å². The lowest BCUT2D eigenvalue weighted by Crippen LogP contribution is -2.41. The van der Waals surface area contributed by atoms with Crippen molar-refractivity contribution in [3.8, 4) is 0 Å². The SMILES string of the molecule is CCC(CC)(CO)Nc1cc(Cl)ncn1. The first kappa shape index (κ1) is 12.2. The summed E-state index contributed by atoms with van der Waals surface area (Å²) in [5.41, 5.74) is -0.322. The van der Waals surface area contributed by atoms with E-state index in [1.165, 1.54) is 6.33 Å². The molecule has 0 saturated carbocycles. The van der Waals surface area contributed by atoms with Crippen molar-refractivity contribution in [3.05, 3.63) is 17.5 Å². The maximum atomic E-state index is 9.37. The largest absolute Gasteiger partial charge is 0.394 e. The van der Waals surface area contributed by atoms with Gasteiger partial charge in [0, 0.05) is 6.07 Å². The van der Waals surface area contributed by atoms with Gasteiger partial charge in [0.1, 0.15) is 17.3 Å². The zero-order valence-corrected chi connectivity index (χ0v) is 9.75. The number of aliphatic hydroxyl groups excluding tert-OH is 1. The Bertz CT molecular complexity index is 307. The van der Waals surface area contributed by atoms with Gasteiger partial charge in [0.05, 0.1) is 12.1 Å². The van der Waals surface area contributed by atoms with E-state index in [9.17, 15) is 5.11 Å². The predicted molar refractivity (Wildman–Crippen MR) is 61.1 cm³/mol. The van der Waals surface area contributed by atoms with Gasteiger partial charge in [-0.25, -0.2) is 9.97 Å². The molecule has 1 aromatic heterocycles. The van der Waals surface area contributed by atoms with Crippen LogP contribution in [0.2, 0.25) is 5.15 Å². The molecule has 1 rings (SSSR count). The van der Waals surface area contributed by atoms with E-state index in [2.05, 4.69) is 15.3 Å². The highest BCUT2D eigenvalue weighted by atomic mass is 35.5. The zero-order chi connectivity index (χ0) is 11.3. The number of hydrogen-bond donors (Lipinski definition) is 2. The maximum absolute atomic E-state index is 9.37. The summed E-state index contributed by atoms with van der Waals surface area (Å²) in [5, 5.41) is 13.0. The first-order chi connectivity index (χ1) is 7.15. The molecule has 84 valence electrons. The standard InChI is InChI=1S/C10H16ClN3O/c1-3-10(4-2,6-15)14-9-5-8(11)12-7-13-9/h5,7,15H,3-4,6H2,1-2H3,(H,12,13,14). The Labute approximate surface area is 94.7 Å². The van der Waals surface area contributed by atoms with Gasteiger partial charge in [0.2, 0.25) is 0 Å². The van der Waals surface area contributed by atoms with E-state index in [4.69, 9.17) is 11.6 Å². The number of anilines is 1. The molecular weight excluding hydrogens is 214 g/mol. The molecule has 0 aliphatic carbocycles. The summed E-state index contributed by atoms with van der Waals surface area (Å²) >= 11 is 5.75. The van der Waals surface area contributed by atoms with Crippen molar-refractivity contribution in [2.75, 3.05) is 11.9 Å². The molecule has 0 unspecified atom stereocenters. The second-order valence-electron chi connectivity index (χ2n) is 3.50. The zero-order valence-electron chi connectivity index (χ0n) is 9.00. The Hall–Kier alpha value is -0.870. The molecule has 0 aliphatic heterocycles. The average Bonchev–Trinajstić information content (AvgIpc) is 2.26. The van der Waals surface area contributed by atoms with Crippen LogP contribution in [0.4, 0.5) is 5.82 Å². The Balaban J connectivity index is 2.82. The van der Waals surface area contributed by atoms with E-state index >= 15 is 0 Å². The minimum Gasteiger partial charge on any atom is -0.394 e. The monoisotopic (exact) mass is 229 g/mol. The molecule has 4 nitrogen and oxygen atoms in total. The van der Waals surface area contributed by atoms with Crippen LogP contribution < -0.4 is 5.32 Å². The van der Waals surface area contributed by atoms with Crippen LogP contribution in [0.25, 0.3) is 0 Å². The van der Waals surface area contributed by atoms with Crippen LogP contribution in [0.15, 0.2) is 12.4 Å². The van der Waals surface area contributed by atoms with Crippen molar-refractivity contribution >= 4 is 17.4 Å². The van der Waals surface area contributed by atoms with Gasteiger partial charge in [-0.05, 0) is 12.8 Å². The summed E-state index contributed by atoms with van der Waals surface area (Å²) in [7, 11) is 0. The fourth-order valence-electron chi connectivity index (χ4n) is 1.36. The van der Waals surface area contributed by atoms with Crippen LogP contribution in [0, 0.1) is 0 Å². The molecule has 1 heterocycles. The number of aliphatic hydroxyl groups is 1. The smallest absolute Gasteiger partial charge is 0.134 e. The Morgan fingerprint density at radius 2 is 2.07 bits per heavy atom. The molecule has 1 aromatic rings. The quantitative estimate of drug-likeness (QED) is 0.760. The third kappa shape index (κ3) is 3.04. The van der Waals surface area contributed by atoms with E-state index in [-0.39, 0.29) is 12.1 Å². The molecule has 2 N–H and O–H groups in total.